The molecular formula is C13H16N4O3S. The van der Waals surface area contributed by atoms with Gasteiger partial charge in [-0.05, 0) is 23.8 Å². The second-order valence-electron chi connectivity index (χ2n) is 4.49. The van der Waals surface area contributed by atoms with Crippen molar-refractivity contribution in [1.82, 2.24) is 15.1 Å². The van der Waals surface area contributed by atoms with Gasteiger partial charge in [0.25, 0.3) is 0 Å². The van der Waals surface area contributed by atoms with Gasteiger partial charge >= 0.3 is 0 Å². The molecule has 2 aromatic rings. The number of primary sulfonamides is 1. The zero-order valence-electron chi connectivity index (χ0n) is 11.3. The summed E-state index contributed by atoms with van der Waals surface area (Å²) in [5.74, 6) is -0.133. The maximum atomic E-state index is 11.7. The van der Waals surface area contributed by atoms with Crippen molar-refractivity contribution in [2.75, 3.05) is 0 Å². The van der Waals surface area contributed by atoms with Gasteiger partial charge < -0.3 is 5.32 Å². The smallest absolute Gasteiger partial charge is 0.238 e. The van der Waals surface area contributed by atoms with Crippen molar-refractivity contribution < 1.29 is 13.2 Å². The molecule has 0 unspecified atom stereocenters. The Morgan fingerprint density at radius 3 is 2.81 bits per heavy atom. The molecule has 2 rings (SSSR count). The zero-order valence-corrected chi connectivity index (χ0v) is 12.1. The van der Waals surface area contributed by atoms with Crippen LogP contribution in [0.5, 0.6) is 0 Å². The summed E-state index contributed by atoms with van der Waals surface area (Å²) in [5, 5.41) is 11.8. The normalized spacial score (nSPS) is 11.3. The molecule has 0 aliphatic carbocycles. The van der Waals surface area contributed by atoms with E-state index in [9.17, 15) is 13.2 Å². The molecule has 0 saturated heterocycles. The average Bonchev–Trinajstić information content (AvgIpc) is 2.95. The Labute approximate surface area is 122 Å². The highest BCUT2D eigenvalue weighted by molar-refractivity contribution is 7.89. The lowest BCUT2D eigenvalue weighted by Crippen LogP contribution is -2.24. The lowest BCUT2D eigenvalue weighted by Gasteiger charge is -2.07. The molecule has 1 amide bonds. The molecule has 0 spiro atoms. The first-order chi connectivity index (χ1) is 9.95. The molecule has 0 radical (unpaired) electrons. The number of amides is 1. The third kappa shape index (κ3) is 4.69. The molecule has 0 fully saturated rings. The summed E-state index contributed by atoms with van der Waals surface area (Å²) < 4.78 is 24.1. The van der Waals surface area contributed by atoms with Crippen LogP contribution < -0.4 is 10.5 Å². The van der Waals surface area contributed by atoms with Gasteiger partial charge in [-0.2, -0.15) is 5.10 Å². The fraction of sp³-hybridized carbons (Fsp3) is 0.231. The van der Waals surface area contributed by atoms with Crippen LogP contribution in [0.15, 0.2) is 47.6 Å². The van der Waals surface area contributed by atoms with Crippen LogP contribution in [0.4, 0.5) is 0 Å². The van der Waals surface area contributed by atoms with Crippen molar-refractivity contribution in [2.45, 2.75) is 24.4 Å². The second kappa shape index (κ2) is 6.51. The minimum absolute atomic E-state index is 0.0331. The van der Waals surface area contributed by atoms with E-state index in [1.54, 1.807) is 35.3 Å². The van der Waals surface area contributed by atoms with Gasteiger partial charge in [0.1, 0.15) is 0 Å². The number of rotatable bonds is 6. The van der Waals surface area contributed by atoms with Gasteiger partial charge in [0.05, 0.1) is 4.90 Å². The van der Waals surface area contributed by atoms with Crippen LogP contribution in [0, 0.1) is 0 Å². The van der Waals surface area contributed by atoms with Gasteiger partial charge in [0.2, 0.25) is 15.9 Å². The highest BCUT2D eigenvalue weighted by atomic mass is 32.2. The highest BCUT2D eigenvalue weighted by Crippen LogP contribution is 2.09. The molecule has 0 aliphatic rings. The number of hydrogen-bond acceptors (Lipinski definition) is 4. The van der Waals surface area contributed by atoms with Crippen molar-refractivity contribution >= 4 is 15.9 Å². The Morgan fingerprint density at radius 1 is 1.33 bits per heavy atom. The SMILES string of the molecule is NS(=O)(=O)c1cccc(CNC(=O)CCn2cccn2)c1. The first kappa shape index (κ1) is 15.2. The van der Waals surface area contributed by atoms with Crippen LogP contribution in [-0.4, -0.2) is 24.1 Å². The third-order valence-corrected chi connectivity index (χ3v) is 3.75. The maximum Gasteiger partial charge on any atom is 0.238 e. The minimum atomic E-state index is -3.73. The van der Waals surface area contributed by atoms with Crippen LogP contribution in [0.25, 0.3) is 0 Å². The van der Waals surface area contributed by atoms with Gasteiger partial charge in [-0.3, -0.25) is 9.48 Å². The molecule has 0 bridgehead atoms. The van der Waals surface area contributed by atoms with Crippen LogP contribution in [0.1, 0.15) is 12.0 Å². The Balaban J connectivity index is 1.86. The van der Waals surface area contributed by atoms with Crippen molar-refractivity contribution in [1.29, 1.82) is 0 Å². The molecule has 7 nitrogen and oxygen atoms in total. The van der Waals surface area contributed by atoms with Crippen molar-refractivity contribution in [3.05, 3.63) is 48.3 Å². The number of nitrogens with one attached hydrogen (secondary N) is 1. The number of carbonyl (C=O) groups is 1. The Morgan fingerprint density at radius 2 is 2.14 bits per heavy atom. The number of sulfonamides is 1. The fourth-order valence-electron chi connectivity index (χ4n) is 1.77. The van der Waals surface area contributed by atoms with E-state index in [0.717, 1.165) is 0 Å². The summed E-state index contributed by atoms with van der Waals surface area (Å²) in [5.41, 5.74) is 0.675. The largest absolute Gasteiger partial charge is 0.352 e. The van der Waals surface area contributed by atoms with E-state index in [4.69, 9.17) is 5.14 Å². The van der Waals surface area contributed by atoms with E-state index in [1.165, 1.54) is 12.1 Å². The van der Waals surface area contributed by atoms with E-state index in [1.807, 2.05) is 0 Å². The summed E-state index contributed by atoms with van der Waals surface area (Å²) in [6.45, 7) is 0.747. The summed E-state index contributed by atoms with van der Waals surface area (Å²) in [4.78, 5) is 11.7. The van der Waals surface area contributed by atoms with E-state index < -0.39 is 10.0 Å². The van der Waals surface area contributed by atoms with E-state index in [2.05, 4.69) is 10.4 Å². The summed E-state index contributed by atoms with van der Waals surface area (Å²) in [7, 11) is -3.73. The quantitative estimate of drug-likeness (QED) is 0.797. The molecule has 1 heterocycles. The molecule has 0 aliphatic heterocycles. The fourth-order valence-corrected chi connectivity index (χ4v) is 2.35. The molecule has 1 aromatic carbocycles. The standard InChI is InChI=1S/C13H16N4O3S/c14-21(19,20)12-4-1-3-11(9-12)10-15-13(18)5-8-17-7-2-6-16-17/h1-4,6-7,9H,5,8,10H2,(H,15,18)(H2,14,19,20). The average molecular weight is 308 g/mol. The number of nitrogens with zero attached hydrogens (tertiary/aromatic N) is 2. The highest BCUT2D eigenvalue weighted by Gasteiger charge is 2.08. The maximum absolute atomic E-state index is 11.7. The lowest BCUT2D eigenvalue weighted by molar-refractivity contribution is -0.121. The first-order valence-corrected chi connectivity index (χ1v) is 7.85. The number of carbonyl (C=O) groups excluding carboxylic acids is 1. The van der Waals surface area contributed by atoms with E-state index in [0.29, 0.717) is 18.5 Å². The molecule has 3 N–H and O–H groups in total. The summed E-state index contributed by atoms with van der Waals surface area (Å²) in [6, 6.07) is 7.96. The predicted octanol–water partition coefficient (Wildman–Crippen LogP) is 0.237. The zero-order chi connectivity index (χ0) is 15.3. The van der Waals surface area contributed by atoms with Gasteiger partial charge in [0.15, 0.2) is 0 Å². The predicted molar refractivity (Wildman–Crippen MR) is 76.5 cm³/mol. The van der Waals surface area contributed by atoms with Gasteiger partial charge in [-0.25, -0.2) is 13.6 Å². The van der Waals surface area contributed by atoms with Crippen LogP contribution in [0.2, 0.25) is 0 Å². The van der Waals surface area contributed by atoms with Crippen molar-refractivity contribution in [2.24, 2.45) is 5.14 Å². The van der Waals surface area contributed by atoms with Crippen LogP contribution >= 0.6 is 0 Å². The number of nitrogens with two attached hydrogens (primary N) is 1. The summed E-state index contributed by atoms with van der Waals surface area (Å²) in [6.07, 6.45) is 3.73. The Hall–Kier alpha value is -2.19. The van der Waals surface area contributed by atoms with Crippen molar-refractivity contribution in [3.8, 4) is 0 Å². The number of aromatic nitrogens is 2. The molecule has 0 saturated carbocycles. The van der Waals surface area contributed by atoms with E-state index in [-0.39, 0.29) is 17.3 Å². The van der Waals surface area contributed by atoms with Gasteiger partial charge in [0, 0.05) is 31.9 Å². The Kier molecular flexibility index (Phi) is 4.71. The topological polar surface area (TPSA) is 107 Å². The minimum Gasteiger partial charge on any atom is -0.352 e. The molecule has 112 valence electrons. The molecule has 8 heteroatoms. The Bertz CT molecular complexity index is 711. The third-order valence-electron chi connectivity index (χ3n) is 2.84. The molecule has 1 aromatic heterocycles. The van der Waals surface area contributed by atoms with Crippen LogP contribution in [-0.2, 0) is 27.9 Å². The number of hydrogen-bond donors (Lipinski definition) is 2. The lowest BCUT2D eigenvalue weighted by atomic mass is 10.2. The second-order valence-corrected chi connectivity index (χ2v) is 6.05. The number of benzene rings is 1. The van der Waals surface area contributed by atoms with Gasteiger partial charge in [-0.1, -0.05) is 12.1 Å². The van der Waals surface area contributed by atoms with E-state index >= 15 is 0 Å². The number of aryl methyl sites for hydroxylation is 1. The summed E-state index contributed by atoms with van der Waals surface area (Å²) >= 11 is 0. The molecule has 21 heavy (non-hydrogen) atoms. The van der Waals surface area contributed by atoms with Crippen LogP contribution in [0.3, 0.4) is 0 Å². The monoisotopic (exact) mass is 308 g/mol. The van der Waals surface area contributed by atoms with Gasteiger partial charge in [-0.15, -0.1) is 0 Å². The first-order valence-electron chi connectivity index (χ1n) is 6.31. The van der Waals surface area contributed by atoms with Crippen molar-refractivity contribution in [3.63, 3.8) is 0 Å². The molecular weight excluding hydrogens is 292 g/mol. The molecule has 0 atom stereocenters.